The standard InChI is InChI=1S/C36H42FN3O/c1-6-25(3)10-11-30-24-38-35(23-33(30)26(4)7-2)36-22-32(41)21-29-12-13-31(14-15-34(29)39-36)40-19-16-27(5)28(17-20-40)9-8-18-37/h6,10,12-15,22-24,28H,1,4-5,7-9,11,16-21H2,2-3H3/b25-10-. The van der Waals surface area contributed by atoms with Gasteiger partial charge in [0.15, 0.2) is 5.78 Å². The molecular formula is C36H42FN3O. The smallest absolute Gasteiger partial charge is 0.162 e. The summed E-state index contributed by atoms with van der Waals surface area (Å²) in [4.78, 5) is 25.1. The molecule has 214 valence electrons. The molecule has 1 aromatic heterocycles. The Bertz CT molecular complexity index is 1400. The van der Waals surface area contributed by atoms with E-state index in [-0.39, 0.29) is 18.9 Å². The molecule has 3 aliphatic rings. The van der Waals surface area contributed by atoms with Crippen LogP contribution >= 0.6 is 0 Å². The van der Waals surface area contributed by atoms with Crippen molar-refractivity contribution < 1.29 is 9.18 Å². The molecule has 0 radical (unpaired) electrons. The third-order valence-corrected chi connectivity index (χ3v) is 8.20. The number of hydrogen-bond acceptors (Lipinski definition) is 4. The minimum absolute atomic E-state index is 0.00307. The van der Waals surface area contributed by atoms with E-state index in [0.29, 0.717) is 23.7 Å². The number of carbonyl (C=O) groups excluding carboxylic acids is 1. The summed E-state index contributed by atoms with van der Waals surface area (Å²) in [5.41, 5.74) is 9.50. The van der Waals surface area contributed by atoms with Crippen LogP contribution in [0.25, 0.3) is 11.3 Å². The van der Waals surface area contributed by atoms with Crippen molar-refractivity contribution in [3.8, 4) is 0 Å². The van der Waals surface area contributed by atoms with Gasteiger partial charge in [-0.15, -0.1) is 0 Å². The molecule has 0 N–H and O–H groups in total. The van der Waals surface area contributed by atoms with Gasteiger partial charge in [-0.2, -0.15) is 0 Å². The van der Waals surface area contributed by atoms with E-state index in [1.54, 1.807) is 6.08 Å². The summed E-state index contributed by atoms with van der Waals surface area (Å²) in [5.74, 6) is 0.378. The van der Waals surface area contributed by atoms with Gasteiger partial charge < -0.3 is 4.90 Å². The van der Waals surface area contributed by atoms with Gasteiger partial charge in [0, 0.05) is 37.5 Å². The molecule has 1 atom stereocenters. The van der Waals surface area contributed by atoms with E-state index in [1.807, 2.05) is 37.4 Å². The van der Waals surface area contributed by atoms with E-state index < -0.39 is 0 Å². The second-order valence-corrected chi connectivity index (χ2v) is 11.0. The number of ketones is 1. The van der Waals surface area contributed by atoms with E-state index in [2.05, 4.69) is 49.8 Å². The Labute approximate surface area is 244 Å². The number of alkyl halides is 1. The minimum Gasteiger partial charge on any atom is -0.371 e. The maximum atomic E-state index is 13.0. The fourth-order valence-electron chi connectivity index (χ4n) is 5.45. The zero-order chi connectivity index (χ0) is 29.4. The molecule has 0 bridgehead atoms. The van der Waals surface area contributed by atoms with Crippen LogP contribution in [-0.2, 0) is 11.2 Å². The Morgan fingerprint density at radius 2 is 2.07 bits per heavy atom. The lowest BCUT2D eigenvalue weighted by Crippen LogP contribution is -2.23. The molecule has 4 rings (SSSR count). The van der Waals surface area contributed by atoms with Crippen molar-refractivity contribution in [1.29, 1.82) is 0 Å². The number of likely N-dealkylation sites (tertiary alicyclic amines) is 1. The van der Waals surface area contributed by atoms with Crippen LogP contribution in [0.1, 0.15) is 69.2 Å². The van der Waals surface area contributed by atoms with Gasteiger partial charge >= 0.3 is 0 Å². The third-order valence-electron chi connectivity index (χ3n) is 8.20. The number of hydrogen-bond donors (Lipinski definition) is 0. The first-order valence-corrected chi connectivity index (χ1v) is 14.7. The van der Waals surface area contributed by atoms with E-state index in [4.69, 9.17) is 9.98 Å². The van der Waals surface area contributed by atoms with E-state index in [1.165, 1.54) is 5.57 Å². The van der Waals surface area contributed by atoms with Crippen molar-refractivity contribution in [3.63, 3.8) is 0 Å². The zero-order valence-corrected chi connectivity index (χ0v) is 24.6. The summed E-state index contributed by atoms with van der Waals surface area (Å²) in [7, 11) is 0. The van der Waals surface area contributed by atoms with Crippen molar-refractivity contribution in [3.05, 3.63) is 114 Å². The molecule has 5 heteroatoms. The molecule has 0 saturated carbocycles. The second-order valence-electron chi connectivity index (χ2n) is 11.0. The highest BCUT2D eigenvalue weighted by Crippen LogP contribution is 2.31. The van der Waals surface area contributed by atoms with Crippen LogP contribution in [0, 0.1) is 5.92 Å². The molecule has 1 aromatic rings. The third kappa shape index (κ3) is 7.66. The maximum absolute atomic E-state index is 13.0. The molecule has 0 aromatic carbocycles. The van der Waals surface area contributed by atoms with Gasteiger partial charge in [-0.05, 0) is 97.9 Å². The quantitative estimate of drug-likeness (QED) is 0.217. The Morgan fingerprint density at radius 1 is 1.24 bits per heavy atom. The van der Waals surface area contributed by atoms with Crippen molar-refractivity contribution >= 4 is 22.8 Å². The Balaban J connectivity index is 1.60. The summed E-state index contributed by atoms with van der Waals surface area (Å²) in [5, 5.41) is 0. The van der Waals surface area contributed by atoms with E-state index in [9.17, 15) is 9.18 Å². The lowest BCUT2D eigenvalue weighted by Gasteiger charge is -2.23. The maximum Gasteiger partial charge on any atom is 0.162 e. The Kier molecular flexibility index (Phi) is 10.4. The van der Waals surface area contributed by atoms with Crippen LogP contribution in [0.4, 0.5) is 4.39 Å². The number of halogens is 1. The number of aromatic nitrogens is 1. The van der Waals surface area contributed by atoms with Crippen LogP contribution < -0.4 is 0 Å². The summed E-state index contributed by atoms with van der Waals surface area (Å²) in [6.07, 6.45) is 20.9. The molecule has 0 amide bonds. The monoisotopic (exact) mass is 551 g/mol. The van der Waals surface area contributed by atoms with Crippen LogP contribution in [0.2, 0.25) is 0 Å². The highest BCUT2D eigenvalue weighted by atomic mass is 19.1. The lowest BCUT2D eigenvalue weighted by molar-refractivity contribution is -0.113. The molecule has 1 unspecified atom stereocenters. The fraction of sp³-hybridized carbons (Fsp3) is 0.361. The van der Waals surface area contributed by atoms with Crippen molar-refractivity contribution in [2.45, 2.75) is 58.8 Å². The van der Waals surface area contributed by atoms with Gasteiger partial charge in [-0.1, -0.05) is 56.0 Å². The predicted molar refractivity (Wildman–Crippen MR) is 170 cm³/mol. The van der Waals surface area contributed by atoms with Gasteiger partial charge in [0.25, 0.3) is 0 Å². The van der Waals surface area contributed by atoms with Crippen LogP contribution in [0.15, 0.2) is 102 Å². The van der Waals surface area contributed by atoms with Crippen LogP contribution in [0.5, 0.6) is 0 Å². The summed E-state index contributed by atoms with van der Waals surface area (Å²) >= 11 is 0. The number of nitrogens with zero attached hydrogens (tertiary/aromatic N) is 3. The summed E-state index contributed by atoms with van der Waals surface area (Å²) < 4.78 is 12.8. The first-order chi connectivity index (χ1) is 19.8. The number of carbonyl (C=O) groups is 1. The largest absolute Gasteiger partial charge is 0.371 e. The van der Waals surface area contributed by atoms with Gasteiger partial charge in [0.05, 0.1) is 23.8 Å². The van der Waals surface area contributed by atoms with Crippen molar-refractivity contribution in [2.75, 3.05) is 19.8 Å². The number of aliphatic imine (C=N–C) groups is 1. The molecule has 4 nitrogen and oxygen atoms in total. The van der Waals surface area contributed by atoms with Gasteiger partial charge in [-0.25, -0.2) is 4.99 Å². The first kappa shape index (κ1) is 30.1. The molecule has 2 aliphatic heterocycles. The highest BCUT2D eigenvalue weighted by Gasteiger charge is 2.23. The highest BCUT2D eigenvalue weighted by molar-refractivity contribution is 6.17. The van der Waals surface area contributed by atoms with E-state index >= 15 is 0 Å². The average Bonchev–Trinajstić information content (AvgIpc) is 3.36. The predicted octanol–water partition coefficient (Wildman–Crippen LogP) is 8.33. The SMILES string of the molecule is C=C/C(C)=C\Cc1cnc(C2=CC(=O)CC3=CC=C(N4CCC(=C)C(CCCF)CC4)C=CC3=N2)cc1C(=C)CC. The topological polar surface area (TPSA) is 45.6 Å². The minimum atomic E-state index is -0.271. The molecule has 1 aliphatic carbocycles. The summed E-state index contributed by atoms with van der Waals surface area (Å²) in [6.45, 7) is 18.0. The van der Waals surface area contributed by atoms with Gasteiger partial charge in [-0.3, -0.25) is 14.2 Å². The Hall–Kier alpha value is -3.86. The first-order valence-electron chi connectivity index (χ1n) is 14.7. The number of pyridine rings is 1. The molecule has 3 heterocycles. The molecular weight excluding hydrogens is 509 g/mol. The molecule has 41 heavy (non-hydrogen) atoms. The van der Waals surface area contributed by atoms with Crippen molar-refractivity contribution in [1.82, 2.24) is 9.88 Å². The Morgan fingerprint density at radius 3 is 2.83 bits per heavy atom. The van der Waals surface area contributed by atoms with E-state index in [0.717, 1.165) is 84.4 Å². The fourth-order valence-corrected chi connectivity index (χ4v) is 5.45. The normalized spacial score (nSPS) is 19.7. The second kappa shape index (κ2) is 14.2. The van der Waals surface area contributed by atoms with Gasteiger partial charge in [0.1, 0.15) is 0 Å². The van der Waals surface area contributed by atoms with Crippen LogP contribution in [-0.4, -0.2) is 41.1 Å². The average molecular weight is 552 g/mol. The van der Waals surface area contributed by atoms with Gasteiger partial charge in [0.2, 0.25) is 0 Å². The van der Waals surface area contributed by atoms with Crippen molar-refractivity contribution in [2.24, 2.45) is 10.9 Å². The lowest BCUT2D eigenvalue weighted by atomic mass is 9.91. The molecule has 0 spiro atoms. The molecule has 1 fully saturated rings. The number of allylic oxidation sites excluding steroid dienone is 10. The summed E-state index contributed by atoms with van der Waals surface area (Å²) in [6, 6.07) is 2.02. The number of rotatable bonds is 10. The van der Waals surface area contributed by atoms with Crippen LogP contribution in [0.3, 0.4) is 0 Å². The molecule has 1 saturated heterocycles. The zero-order valence-electron chi connectivity index (χ0n) is 24.6. The number of fused-ring (bicyclic) bond motifs is 1.